The van der Waals surface area contributed by atoms with Crippen molar-refractivity contribution in [3.63, 3.8) is 0 Å². The minimum atomic E-state index is -5.83. The van der Waals surface area contributed by atoms with Gasteiger partial charge in [-0.2, -0.15) is 83.2 Å². The summed E-state index contributed by atoms with van der Waals surface area (Å²) < 4.78 is 249. The van der Waals surface area contributed by atoms with Crippen LogP contribution in [0.15, 0.2) is 46.4 Å². The summed E-state index contributed by atoms with van der Waals surface area (Å²) in [5, 5.41) is 19.7. The van der Waals surface area contributed by atoms with Gasteiger partial charge in [0.2, 0.25) is 11.6 Å². The average molecular weight is 796 g/mol. The molecule has 3 aromatic heterocycles. The zero-order valence-corrected chi connectivity index (χ0v) is 24.8. The van der Waals surface area contributed by atoms with Crippen molar-refractivity contribution in [3.8, 4) is 34.7 Å². The van der Waals surface area contributed by atoms with Gasteiger partial charge in [0.15, 0.2) is 11.0 Å². The third kappa shape index (κ3) is 7.40. The average Bonchev–Trinajstić information content (AvgIpc) is 3.53. The van der Waals surface area contributed by atoms with Crippen molar-refractivity contribution in [1.82, 2.24) is 18.8 Å². The Labute approximate surface area is 283 Å². The number of nitriles is 2. The van der Waals surface area contributed by atoms with Gasteiger partial charge in [-0.1, -0.05) is 0 Å². The van der Waals surface area contributed by atoms with Crippen LogP contribution in [0.3, 0.4) is 0 Å². The smallest absolute Gasteiger partial charge is 0.277 e. The van der Waals surface area contributed by atoms with Crippen molar-refractivity contribution in [3.05, 3.63) is 81.3 Å². The summed E-state index contributed by atoms with van der Waals surface area (Å²) in [6, 6.07) is 0.236. The van der Waals surface area contributed by atoms with E-state index in [0.29, 0.717) is 0 Å². The second kappa shape index (κ2) is 12.2. The lowest BCUT2D eigenvalue weighted by Gasteiger charge is -2.20. The van der Waals surface area contributed by atoms with E-state index in [1.54, 1.807) is 0 Å². The standard InChI is InChI=1S/C28H6F18N8/c29-23(30,31)11-1-9(2-12(5-11)24(32,33)34)17-19-21(51-27(41,42)43)50-16(8-48)54(19)18(20-22(52-28(44,45)46)49-15(7-47)53(17)20)10-3-13(25(35,36)37)6-14(4-10)26(38,39)40/h1-6H/b51-21-,52-22-. The van der Waals surface area contributed by atoms with Crippen molar-refractivity contribution in [1.29, 1.82) is 10.5 Å². The Bertz CT molecular complexity index is 2300. The fourth-order valence-electron chi connectivity index (χ4n) is 5.15. The molecule has 5 aromatic rings. The fraction of sp³-hybridized carbons (Fsp3) is 0.214. The summed E-state index contributed by atoms with van der Waals surface area (Å²) in [7, 11) is 0. The maximum absolute atomic E-state index is 13.9. The maximum Gasteiger partial charge on any atom is 0.505 e. The molecule has 0 fully saturated rings. The molecule has 0 unspecified atom stereocenters. The molecule has 3 heterocycles. The molecule has 54 heavy (non-hydrogen) atoms. The second-order valence-electron chi connectivity index (χ2n) is 10.6. The first-order valence-electron chi connectivity index (χ1n) is 13.4. The predicted octanol–water partition coefficient (Wildman–Crippen LogP) is 8.41. The number of fused-ring (bicyclic) bond motifs is 2. The number of benzene rings is 2. The summed E-state index contributed by atoms with van der Waals surface area (Å²) in [5.41, 5.74) is -22.4. The maximum atomic E-state index is 13.9. The zero-order valence-electron chi connectivity index (χ0n) is 24.8. The molecular weight excluding hydrogens is 790 g/mol. The lowest BCUT2D eigenvalue weighted by Crippen LogP contribution is -2.19. The Morgan fingerprint density at radius 3 is 0.907 bits per heavy atom. The van der Waals surface area contributed by atoms with Crippen molar-refractivity contribution < 1.29 is 79.0 Å². The van der Waals surface area contributed by atoms with Crippen LogP contribution in [0.4, 0.5) is 79.0 Å². The second-order valence-corrected chi connectivity index (χ2v) is 10.6. The van der Waals surface area contributed by atoms with Gasteiger partial charge in [-0.25, -0.2) is 0 Å². The fourth-order valence-corrected chi connectivity index (χ4v) is 5.15. The number of hydrogen-bond donors (Lipinski definition) is 0. The number of hydrogen-bond acceptors (Lipinski definition) is 6. The van der Waals surface area contributed by atoms with Crippen LogP contribution in [-0.2, 0) is 24.7 Å². The number of alkyl halides is 18. The van der Waals surface area contributed by atoms with Gasteiger partial charge in [-0.15, -0.1) is 26.3 Å². The molecule has 0 bridgehead atoms. The minimum Gasteiger partial charge on any atom is -0.277 e. The highest BCUT2D eigenvalue weighted by Crippen LogP contribution is 2.43. The van der Waals surface area contributed by atoms with Crippen LogP contribution in [0.2, 0.25) is 0 Å². The lowest BCUT2D eigenvalue weighted by molar-refractivity contribution is -0.144. The van der Waals surface area contributed by atoms with Crippen molar-refractivity contribution in [2.75, 3.05) is 0 Å². The Hall–Kier alpha value is -6.08. The molecule has 0 saturated carbocycles. The lowest BCUT2D eigenvalue weighted by atomic mass is 9.99. The van der Waals surface area contributed by atoms with Crippen LogP contribution < -0.4 is 11.0 Å². The van der Waals surface area contributed by atoms with E-state index in [9.17, 15) is 89.6 Å². The van der Waals surface area contributed by atoms with E-state index >= 15 is 0 Å². The van der Waals surface area contributed by atoms with Crippen molar-refractivity contribution in [2.24, 2.45) is 9.98 Å². The summed E-state index contributed by atoms with van der Waals surface area (Å²) >= 11 is 0. The summed E-state index contributed by atoms with van der Waals surface area (Å²) in [6.45, 7) is 0. The Balaban J connectivity index is 2.29. The summed E-state index contributed by atoms with van der Waals surface area (Å²) in [5.74, 6) is -3.17. The first kappa shape index (κ1) is 39.1. The zero-order chi connectivity index (χ0) is 40.7. The normalized spacial score (nSPS) is 14.3. The molecule has 0 spiro atoms. The van der Waals surface area contributed by atoms with Gasteiger partial charge in [0, 0.05) is 11.1 Å². The first-order valence-corrected chi connectivity index (χ1v) is 13.4. The van der Waals surface area contributed by atoms with Crippen LogP contribution in [-0.4, -0.2) is 31.4 Å². The minimum absolute atomic E-state index is 0.198. The van der Waals surface area contributed by atoms with Crippen LogP contribution in [0, 0.1) is 22.7 Å². The van der Waals surface area contributed by atoms with Gasteiger partial charge >= 0.3 is 37.3 Å². The molecule has 26 heteroatoms. The number of aromatic nitrogens is 4. The molecule has 0 N–H and O–H groups in total. The highest BCUT2D eigenvalue weighted by Gasteiger charge is 2.41. The van der Waals surface area contributed by atoms with Gasteiger partial charge < -0.3 is 0 Å². The highest BCUT2D eigenvalue weighted by molar-refractivity contribution is 5.90. The molecule has 0 radical (unpaired) electrons. The number of rotatable bonds is 2. The molecule has 0 aliphatic carbocycles. The number of nitrogens with zero attached hydrogens (tertiary/aromatic N) is 8. The van der Waals surface area contributed by atoms with Gasteiger partial charge in [0.05, 0.1) is 33.6 Å². The summed E-state index contributed by atoms with van der Waals surface area (Å²) in [6.07, 6.45) is -34.6. The molecule has 2 aromatic carbocycles. The number of halogens is 18. The molecule has 0 aliphatic rings. The van der Waals surface area contributed by atoms with E-state index in [2.05, 4.69) is 20.0 Å². The molecule has 0 saturated heterocycles. The molecule has 8 nitrogen and oxygen atoms in total. The number of imidazole rings is 2. The molecule has 5 rings (SSSR count). The SMILES string of the molecule is N#Cc1n/c(=N\C(F)(F)F)c2c(-c3cc(C(F)(F)F)cc(C(F)(F)F)c3)n3c(C#N)n/c(=N\C(F)(F)F)c3c(-c3cc(C(F)(F)F)cc(C(F)(F)F)c3)n12. The molecular formula is C28H6F18N8. The van der Waals surface area contributed by atoms with Gasteiger partial charge in [-0.3, -0.25) is 8.80 Å². The third-order valence-corrected chi connectivity index (χ3v) is 7.00. The summed E-state index contributed by atoms with van der Waals surface area (Å²) in [4.78, 5) is 10.7. The Morgan fingerprint density at radius 2 is 0.704 bits per heavy atom. The van der Waals surface area contributed by atoms with Crippen molar-refractivity contribution >= 4 is 11.0 Å². The molecule has 0 aliphatic heterocycles. The van der Waals surface area contributed by atoms with E-state index < -0.39 is 128 Å². The molecule has 0 amide bonds. The van der Waals surface area contributed by atoms with Gasteiger partial charge in [0.25, 0.3) is 0 Å². The monoisotopic (exact) mass is 796 g/mol. The predicted molar refractivity (Wildman–Crippen MR) is 139 cm³/mol. The Kier molecular flexibility index (Phi) is 8.87. The van der Waals surface area contributed by atoms with E-state index in [0.717, 1.165) is 12.1 Å². The van der Waals surface area contributed by atoms with Crippen LogP contribution in [0.5, 0.6) is 0 Å². The van der Waals surface area contributed by atoms with Gasteiger partial charge in [0.1, 0.15) is 23.2 Å². The van der Waals surface area contributed by atoms with Crippen molar-refractivity contribution in [2.45, 2.75) is 37.3 Å². The first-order chi connectivity index (χ1) is 24.4. The molecule has 0 atom stereocenters. The third-order valence-electron chi connectivity index (χ3n) is 7.00. The quantitative estimate of drug-likeness (QED) is 0.132. The van der Waals surface area contributed by atoms with Gasteiger partial charge in [-0.05, 0) is 36.4 Å². The highest BCUT2D eigenvalue weighted by atomic mass is 19.4. The Morgan fingerprint density at radius 1 is 0.444 bits per heavy atom. The van der Waals surface area contributed by atoms with Crippen LogP contribution in [0.25, 0.3) is 33.5 Å². The van der Waals surface area contributed by atoms with Crippen LogP contribution >= 0.6 is 0 Å². The topological polar surface area (TPSA) is 107 Å². The van der Waals surface area contributed by atoms with E-state index in [1.165, 1.54) is 0 Å². The van der Waals surface area contributed by atoms with E-state index in [-0.39, 0.29) is 33.1 Å². The molecule has 284 valence electrons. The van der Waals surface area contributed by atoms with E-state index in [4.69, 9.17) is 0 Å². The van der Waals surface area contributed by atoms with E-state index in [1.807, 2.05) is 0 Å². The van der Waals surface area contributed by atoms with Crippen LogP contribution in [0.1, 0.15) is 33.9 Å². The largest absolute Gasteiger partial charge is 0.505 e.